The van der Waals surface area contributed by atoms with Crippen molar-refractivity contribution in [2.75, 3.05) is 6.54 Å². The first kappa shape index (κ1) is 6.45. The zero-order valence-corrected chi connectivity index (χ0v) is 4.95. The molecule has 1 saturated heterocycles. The third-order valence-electron chi connectivity index (χ3n) is 1.49. The minimum Gasteiger partial charge on any atom is -0.350 e. The summed E-state index contributed by atoms with van der Waals surface area (Å²) in [6.45, 7) is 1.43. The Kier molecular flexibility index (Phi) is 1.18. The summed E-state index contributed by atoms with van der Waals surface area (Å²) in [4.78, 5) is 10.2. The Hall–Kier alpha value is -0.670. The Bertz CT molecular complexity index is 146. The van der Waals surface area contributed by atoms with E-state index >= 15 is 0 Å². The molecule has 0 aliphatic carbocycles. The molecule has 1 unspecified atom stereocenters. The molecular weight excluding hydrogens is 128 g/mol. The highest BCUT2D eigenvalue weighted by Gasteiger charge is 2.49. The molecule has 0 aromatic heterocycles. The van der Waals surface area contributed by atoms with Crippen LogP contribution in [0.3, 0.4) is 0 Å². The van der Waals surface area contributed by atoms with Crippen LogP contribution < -0.4 is 5.32 Å². The molecule has 0 radical (unpaired) electrons. The Morgan fingerprint density at radius 3 is 2.44 bits per heavy atom. The van der Waals surface area contributed by atoms with Gasteiger partial charge in [0.1, 0.15) is 0 Å². The molecule has 1 fully saturated rings. The summed E-state index contributed by atoms with van der Waals surface area (Å²) in [6, 6.07) is 0. The number of hydrogen-bond acceptors (Lipinski definition) is 1. The first-order valence-electron chi connectivity index (χ1n) is 2.71. The van der Waals surface area contributed by atoms with Gasteiger partial charge in [-0.25, -0.2) is 0 Å². The van der Waals surface area contributed by atoms with E-state index in [-0.39, 0.29) is 6.54 Å². The predicted molar refractivity (Wildman–Crippen MR) is 27.1 cm³/mol. The number of rotatable bonds is 0. The predicted octanol–water partition coefficient (Wildman–Crippen LogP) is 0.388. The molecule has 52 valence electrons. The molecule has 0 saturated carbocycles. The molecule has 1 N–H and O–H groups in total. The van der Waals surface area contributed by atoms with Gasteiger partial charge >= 0.3 is 5.92 Å². The summed E-state index contributed by atoms with van der Waals surface area (Å²) in [5, 5.41) is 2.07. The van der Waals surface area contributed by atoms with Gasteiger partial charge < -0.3 is 5.32 Å². The van der Waals surface area contributed by atoms with Gasteiger partial charge in [-0.15, -0.1) is 0 Å². The molecule has 1 aliphatic rings. The monoisotopic (exact) mass is 135 g/mol. The molecule has 4 heteroatoms. The summed E-state index contributed by atoms with van der Waals surface area (Å²) < 4.78 is 24.6. The van der Waals surface area contributed by atoms with Crippen LogP contribution in [0.1, 0.15) is 6.92 Å². The van der Waals surface area contributed by atoms with Crippen LogP contribution in [0.15, 0.2) is 0 Å². The number of amides is 1. The molecule has 9 heavy (non-hydrogen) atoms. The van der Waals surface area contributed by atoms with E-state index in [2.05, 4.69) is 5.32 Å². The summed E-state index contributed by atoms with van der Waals surface area (Å²) >= 11 is 0. The van der Waals surface area contributed by atoms with Gasteiger partial charge in [0, 0.05) is 12.5 Å². The summed E-state index contributed by atoms with van der Waals surface area (Å²) in [6.07, 6.45) is 0. The number of hydrogen-bond donors (Lipinski definition) is 1. The fourth-order valence-electron chi connectivity index (χ4n) is 0.716. The molecule has 0 bridgehead atoms. The molecule has 0 aromatic rings. The van der Waals surface area contributed by atoms with Crippen molar-refractivity contribution in [1.29, 1.82) is 0 Å². The lowest BCUT2D eigenvalue weighted by atomic mass is 10.1. The molecular formula is C5H7F2NO. The first-order chi connectivity index (χ1) is 4.05. The van der Waals surface area contributed by atoms with Crippen molar-refractivity contribution in [2.24, 2.45) is 5.92 Å². The largest absolute Gasteiger partial charge is 0.350 e. The molecule has 1 heterocycles. The van der Waals surface area contributed by atoms with E-state index < -0.39 is 17.7 Å². The van der Waals surface area contributed by atoms with E-state index in [0.717, 1.165) is 0 Å². The molecule has 0 spiro atoms. The highest BCUT2D eigenvalue weighted by molar-refractivity contribution is 5.85. The van der Waals surface area contributed by atoms with Gasteiger partial charge in [-0.05, 0) is 0 Å². The van der Waals surface area contributed by atoms with Gasteiger partial charge in [-0.1, -0.05) is 6.92 Å². The number of carbonyl (C=O) groups excluding carboxylic acids is 1. The van der Waals surface area contributed by atoms with E-state index in [9.17, 15) is 13.6 Å². The quantitative estimate of drug-likeness (QED) is 0.511. The second kappa shape index (κ2) is 1.65. The maximum Gasteiger partial charge on any atom is 0.328 e. The lowest BCUT2D eigenvalue weighted by Crippen LogP contribution is -2.31. The summed E-state index contributed by atoms with van der Waals surface area (Å²) in [5.41, 5.74) is 0. The van der Waals surface area contributed by atoms with E-state index in [1.165, 1.54) is 6.92 Å². The molecule has 1 amide bonds. The summed E-state index contributed by atoms with van der Waals surface area (Å²) in [7, 11) is 0. The number of nitrogens with one attached hydrogen (secondary N) is 1. The zero-order chi connectivity index (χ0) is 7.07. The number of carbonyl (C=O) groups is 1. The van der Waals surface area contributed by atoms with Crippen molar-refractivity contribution in [1.82, 2.24) is 5.32 Å². The lowest BCUT2D eigenvalue weighted by molar-refractivity contribution is -0.143. The summed E-state index contributed by atoms with van der Waals surface area (Å²) in [5.74, 6) is -5.14. The van der Waals surface area contributed by atoms with Gasteiger partial charge in [-0.3, -0.25) is 4.79 Å². The lowest BCUT2D eigenvalue weighted by Gasteiger charge is -2.08. The molecule has 1 rings (SSSR count). The van der Waals surface area contributed by atoms with Crippen molar-refractivity contribution in [2.45, 2.75) is 12.8 Å². The van der Waals surface area contributed by atoms with Crippen LogP contribution in [0.2, 0.25) is 0 Å². The highest BCUT2D eigenvalue weighted by atomic mass is 19.3. The SMILES string of the molecule is CC1CNC(=O)C1(F)F. The average molecular weight is 135 g/mol. The smallest absolute Gasteiger partial charge is 0.328 e. The first-order valence-corrected chi connectivity index (χ1v) is 2.71. The maximum atomic E-state index is 12.3. The van der Waals surface area contributed by atoms with Gasteiger partial charge in [-0.2, -0.15) is 8.78 Å². The van der Waals surface area contributed by atoms with Crippen LogP contribution in [0.4, 0.5) is 8.78 Å². The van der Waals surface area contributed by atoms with Crippen molar-refractivity contribution in [3.05, 3.63) is 0 Å². The van der Waals surface area contributed by atoms with Crippen molar-refractivity contribution < 1.29 is 13.6 Å². The second-order valence-corrected chi connectivity index (χ2v) is 2.23. The van der Waals surface area contributed by atoms with Gasteiger partial charge in [0.25, 0.3) is 5.91 Å². The Balaban J connectivity index is 2.78. The second-order valence-electron chi connectivity index (χ2n) is 2.23. The Morgan fingerprint density at radius 2 is 2.33 bits per heavy atom. The Morgan fingerprint density at radius 1 is 1.78 bits per heavy atom. The van der Waals surface area contributed by atoms with Crippen LogP contribution in [0.5, 0.6) is 0 Å². The van der Waals surface area contributed by atoms with E-state index in [4.69, 9.17) is 0 Å². The van der Waals surface area contributed by atoms with Crippen molar-refractivity contribution in [3.63, 3.8) is 0 Å². The average Bonchev–Trinajstić information content (AvgIpc) is 1.96. The number of halogens is 2. The normalized spacial score (nSPS) is 32.3. The topological polar surface area (TPSA) is 29.1 Å². The number of alkyl halides is 2. The van der Waals surface area contributed by atoms with Gasteiger partial charge in [0.15, 0.2) is 0 Å². The highest BCUT2D eigenvalue weighted by Crippen LogP contribution is 2.28. The fraction of sp³-hybridized carbons (Fsp3) is 0.800. The molecule has 1 atom stereocenters. The third kappa shape index (κ3) is 0.781. The van der Waals surface area contributed by atoms with E-state index in [1.807, 2.05) is 0 Å². The Labute approximate surface area is 51.2 Å². The van der Waals surface area contributed by atoms with Gasteiger partial charge in [0.05, 0.1) is 0 Å². The van der Waals surface area contributed by atoms with Crippen molar-refractivity contribution >= 4 is 5.91 Å². The minimum absolute atomic E-state index is 0.0891. The van der Waals surface area contributed by atoms with Gasteiger partial charge in [0.2, 0.25) is 0 Å². The van der Waals surface area contributed by atoms with Crippen LogP contribution in [0, 0.1) is 5.92 Å². The third-order valence-corrected chi connectivity index (χ3v) is 1.49. The van der Waals surface area contributed by atoms with E-state index in [0.29, 0.717) is 0 Å². The zero-order valence-electron chi connectivity index (χ0n) is 4.95. The minimum atomic E-state index is -3.14. The van der Waals surface area contributed by atoms with Crippen LogP contribution in [-0.4, -0.2) is 18.4 Å². The molecule has 0 aromatic carbocycles. The van der Waals surface area contributed by atoms with Crippen LogP contribution >= 0.6 is 0 Å². The standard InChI is InChI=1S/C5H7F2NO/c1-3-2-8-4(9)5(3,6)7/h3H,2H2,1H3,(H,8,9). The maximum absolute atomic E-state index is 12.3. The van der Waals surface area contributed by atoms with E-state index in [1.54, 1.807) is 0 Å². The van der Waals surface area contributed by atoms with Crippen LogP contribution in [0.25, 0.3) is 0 Å². The molecule has 2 nitrogen and oxygen atoms in total. The van der Waals surface area contributed by atoms with Crippen LogP contribution in [-0.2, 0) is 4.79 Å². The fourth-order valence-corrected chi connectivity index (χ4v) is 0.716. The molecule has 1 aliphatic heterocycles. The van der Waals surface area contributed by atoms with Crippen molar-refractivity contribution in [3.8, 4) is 0 Å².